The number of phenols is 2. The van der Waals surface area contributed by atoms with Gasteiger partial charge >= 0.3 is 5.97 Å². The normalized spacial score (nSPS) is 18.8. The molecular formula is C18H22O5. The highest BCUT2D eigenvalue weighted by molar-refractivity contribution is 5.97. The van der Waals surface area contributed by atoms with E-state index in [1.165, 1.54) is 18.7 Å². The van der Waals surface area contributed by atoms with Gasteiger partial charge in [0.25, 0.3) is 0 Å². The molecule has 0 fully saturated rings. The molecule has 5 nitrogen and oxygen atoms in total. The third-order valence-corrected chi connectivity index (χ3v) is 3.81. The van der Waals surface area contributed by atoms with E-state index in [0.29, 0.717) is 11.3 Å². The van der Waals surface area contributed by atoms with Gasteiger partial charge in [0.2, 0.25) is 0 Å². The van der Waals surface area contributed by atoms with Gasteiger partial charge in [0, 0.05) is 6.07 Å². The van der Waals surface area contributed by atoms with Crippen LogP contribution in [0.25, 0.3) is 6.08 Å². The predicted octanol–water partition coefficient (Wildman–Crippen LogP) is 3.80. The molecule has 0 aromatic heterocycles. The zero-order valence-corrected chi connectivity index (χ0v) is 13.8. The molecule has 2 rings (SSSR count). The molecule has 1 aromatic rings. The lowest BCUT2D eigenvalue weighted by atomic mass is 9.93. The van der Waals surface area contributed by atoms with Crippen molar-refractivity contribution >= 4 is 12.0 Å². The van der Waals surface area contributed by atoms with Crippen LogP contribution in [0.3, 0.4) is 0 Å². The van der Waals surface area contributed by atoms with Crippen molar-refractivity contribution in [2.45, 2.75) is 39.2 Å². The van der Waals surface area contributed by atoms with Gasteiger partial charge in [-0.05, 0) is 45.8 Å². The Hall–Kier alpha value is -2.43. The summed E-state index contributed by atoms with van der Waals surface area (Å²) in [6.07, 6.45) is 7.31. The highest BCUT2D eigenvalue weighted by atomic mass is 16.5. The second-order valence-corrected chi connectivity index (χ2v) is 6.09. The molecule has 1 heterocycles. The van der Waals surface area contributed by atoms with Crippen molar-refractivity contribution in [3.05, 3.63) is 34.9 Å². The van der Waals surface area contributed by atoms with Crippen LogP contribution in [0.5, 0.6) is 17.2 Å². The molecule has 23 heavy (non-hydrogen) atoms. The standard InChI is InChI=1S/C18H22O5/c1-11(2)6-5-8-18(3)9-7-12-14(23-18)10-13(19)15(16(12)20)17(21)22-4/h6-7,9-10,19-20H,5,8H2,1-4H3. The molecule has 0 spiro atoms. The van der Waals surface area contributed by atoms with E-state index in [4.69, 9.17) is 4.74 Å². The summed E-state index contributed by atoms with van der Waals surface area (Å²) in [6, 6.07) is 1.34. The zero-order chi connectivity index (χ0) is 17.2. The molecule has 1 aromatic carbocycles. The van der Waals surface area contributed by atoms with Crippen LogP contribution < -0.4 is 4.74 Å². The van der Waals surface area contributed by atoms with Crippen molar-refractivity contribution in [1.82, 2.24) is 0 Å². The van der Waals surface area contributed by atoms with Crippen LogP contribution in [0.15, 0.2) is 23.8 Å². The second-order valence-electron chi connectivity index (χ2n) is 6.09. The van der Waals surface area contributed by atoms with Crippen molar-refractivity contribution < 1.29 is 24.5 Å². The minimum Gasteiger partial charge on any atom is -0.507 e. The monoisotopic (exact) mass is 318 g/mol. The molecule has 0 amide bonds. The maximum Gasteiger partial charge on any atom is 0.345 e. The van der Waals surface area contributed by atoms with Crippen molar-refractivity contribution in [2.24, 2.45) is 0 Å². The van der Waals surface area contributed by atoms with Gasteiger partial charge in [-0.25, -0.2) is 4.79 Å². The average molecular weight is 318 g/mol. The molecule has 1 aliphatic rings. The quantitative estimate of drug-likeness (QED) is 0.652. The van der Waals surface area contributed by atoms with Crippen LogP contribution in [-0.4, -0.2) is 28.9 Å². The third kappa shape index (κ3) is 3.50. The molecule has 1 unspecified atom stereocenters. The molecule has 0 saturated carbocycles. The molecule has 5 heteroatoms. The topological polar surface area (TPSA) is 76.0 Å². The highest BCUT2D eigenvalue weighted by Crippen LogP contribution is 2.43. The lowest BCUT2D eigenvalue weighted by molar-refractivity contribution is 0.0593. The van der Waals surface area contributed by atoms with Crippen LogP contribution in [-0.2, 0) is 4.74 Å². The van der Waals surface area contributed by atoms with E-state index in [9.17, 15) is 15.0 Å². The summed E-state index contributed by atoms with van der Waals surface area (Å²) in [5, 5.41) is 20.2. The predicted molar refractivity (Wildman–Crippen MR) is 87.8 cm³/mol. The summed E-state index contributed by atoms with van der Waals surface area (Å²) >= 11 is 0. The Balaban J connectivity index is 2.34. The van der Waals surface area contributed by atoms with Gasteiger partial charge in [0.05, 0.1) is 12.7 Å². The maximum absolute atomic E-state index is 11.7. The van der Waals surface area contributed by atoms with E-state index in [0.717, 1.165) is 12.8 Å². The number of methoxy groups -OCH3 is 1. The molecule has 0 aliphatic carbocycles. The van der Waals surface area contributed by atoms with E-state index in [2.05, 4.69) is 10.8 Å². The van der Waals surface area contributed by atoms with Gasteiger partial charge in [-0.3, -0.25) is 0 Å². The summed E-state index contributed by atoms with van der Waals surface area (Å²) in [6.45, 7) is 6.02. The Morgan fingerprint density at radius 2 is 2.09 bits per heavy atom. The van der Waals surface area contributed by atoms with Gasteiger partial charge in [-0.1, -0.05) is 11.6 Å². The number of esters is 1. The Kier molecular flexibility index (Phi) is 4.68. The van der Waals surface area contributed by atoms with E-state index in [1.807, 2.05) is 26.8 Å². The second kappa shape index (κ2) is 6.36. The molecule has 124 valence electrons. The molecule has 0 saturated heterocycles. The zero-order valence-electron chi connectivity index (χ0n) is 13.8. The number of rotatable bonds is 4. The molecule has 2 N–H and O–H groups in total. The molecule has 1 aliphatic heterocycles. The number of fused-ring (bicyclic) bond motifs is 1. The first-order valence-electron chi connectivity index (χ1n) is 7.46. The van der Waals surface area contributed by atoms with Crippen LogP contribution in [0, 0.1) is 0 Å². The Labute approximate surface area is 135 Å². The van der Waals surface area contributed by atoms with Gasteiger partial charge < -0.3 is 19.7 Å². The van der Waals surface area contributed by atoms with Crippen LogP contribution in [0.1, 0.15) is 49.5 Å². The van der Waals surface area contributed by atoms with Crippen molar-refractivity contribution in [3.8, 4) is 17.2 Å². The Bertz CT molecular complexity index is 683. The van der Waals surface area contributed by atoms with Gasteiger partial charge in [-0.15, -0.1) is 0 Å². The largest absolute Gasteiger partial charge is 0.507 e. The Morgan fingerprint density at radius 3 is 2.70 bits per heavy atom. The number of benzene rings is 1. The molecular weight excluding hydrogens is 296 g/mol. The summed E-state index contributed by atoms with van der Waals surface area (Å²) in [5.41, 5.74) is 0.812. The number of carbonyl (C=O) groups excluding carboxylic acids is 1. The number of aromatic hydroxyl groups is 2. The van der Waals surface area contributed by atoms with Gasteiger partial charge in [0.15, 0.2) is 0 Å². The number of phenolic OH excluding ortho intramolecular Hbond substituents is 2. The fraction of sp³-hybridized carbons (Fsp3) is 0.389. The number of allylic oxidation sites excluding steroid dienone is 2. The minimum absolute atomic E-state index is 0.257. The summed E-state index contributed by atoms with van der Waals surface area (Å²) in [4.78, 5) is 11.7. The number of hydrogen-bond acceptors (Lipinski definition) is 5. The summed E-state index contributed by atoms with van der Waals surface area (Å²) in [5.74, 6) is -1.16. The van der Waals surface area contributed by atoms with E-state index >= 15 is 0 Å². The van der Waals surface area contributed by atoms with Crippen molar-refractivity contribution in [3.63, 3.8) is 0 Å². The SMILES string of the molecule is COC(=O)c1c(O)cc2c(c1O)C=CC(C)(CCC=C(C)C)O2. The number of ether oxygens (including phenoxy) is 2. The van der Waals surface area contributed by atoms with Crippen molar-refractivity contribution in [1.29, 1.82) is 0 Å². The molecule has 0 radical (unpaired) electrons. The van der Waals surface area contributed by atoms with Crippen LogP contribution >= 0.6 is 0 Å². The highest BCUT2D eigenvalue weighted by Gasteiger charge is 2.31. The molecule has 0 bridgehead atoms. The van der Waals surface area contributed by atoms with Crippen LogP contribution in [0.2, 0.25) is 0 Å². The van der Waals surface area contributed by atoms with E-state index in [1.54, 1.807) is 6.08 Å². The van der Waals surface area contributed by atoms with Gasteiger partial charge in [-0.2, -0.15) is 0 Å². The van der Waals surface area contributed by atoms with Crippen LogP contribution in [0.4, 0.5) is 0 Å². The fourth-order valence-electron chi connectivity index (χ4n) is 2.52. The third-order valence-electron chi connectivity index (χ3n) is 3.81. The summed E-state index contributed by atoms with van der Waals surface area (Å²) < 4.78 is 10.5. The van der Waals surface area contributed by atoms with E-state index in [-0.39, 0.29) is 17.1 Å². The minimum atomic E-state index is -0.798. The molecule has 1 atom stereocenters. The van der Waals surface area contributed by atoms with E-state index < -0.39 is 11.6 Å². The van der Waals surface area contributed by atoms with Gasteiger partial charge in [0.1, 0.15) is 28.4 Å². The fourth-order valence-corrected chi connectivity index (χ4v) is 2.52. The number of hydrogen-bond donors (Lipinski definition) is 2. The first-order chi connectivity index (χ1) is 10.8. The summed E-state index contributed by atoms with van der Waals surface area (Å²) in [7, 11) is 1.19. The lowest BCUT2D eigenvalue weighted by Crippen LogP contribution is -2.31. The lowest BCUT2D eigenvalue weighted by Gasteiger charge is -2.32. The average Bonchev–Trinajstić information content (AvgIpc) is 2.45. The smallest absolute Gasteiger partial charge is 0.345 e. The van der Waals surface area contributed by atoms with Crippen molar-refractivity contribution in [2.75, 3.05) is 7.11 Å². The first kappa shape index (κ1) is 16.9. The maximum atomic E-state index is 11.7. The Morgan fingerprint density at radius 1 is 1.39 bits per heavy atom. The first-order valence-corrected chi connectivity index (χ1v) is 7.46. The number of carbonyl (C=O) groups is 1.